The molecule has 3 N–H and O–H groups in total. The number of benzene rings is 1. The van der Waals surface area contributed by atoms with Gasteiger partial charge in [-0.1, -0.05) is 0 Å². The molecule has 0 saturated carbocycles. The Morgan fingerprint density at radius 3 is 2.70 bits per heavy atom. The molecule has 0 aliphatic heterocycles. The first-order valence-corrected chi connectivity index (χ1v) is 6.66. The van der Waals surface area contributed by atoms with Crippen LogP contribution in [0.25, 0.3) is 0 Å². The molecule has 7 heteroatoms. The number of carbonyl (C=O) groups excluding carboxylic acids is 1. The van der Waals surface area contributed by atoms with Gasteiger partial charge in [-0.05, 0) is 31.2 Å². The number of hydrogen-bond donors (Lipinski definition) is 2. The molecule has 20 heavy (non-hydrogen) atoms. The summed E-state index contributed by atoms with van der Waals surface area (Å²) in [4.78, 5) is 23.8. The number of nitrogens with two attached hydrogens (primary N) is 1. The van der Waals surface area contributed by atoms with E-state index >= 15 is 0 Å². The van der Waals surface area contributed by atoms with Gasteiger partial charge in [-0.15, -0.1) is 11.3 Å². The first kappa shape index (κ1) is 14.0. The minimum Gasteiger partial charge on any atom is -0.375 e. The number of amides is 1. The molecule has 0 aliphatic rings. The summed E-state index contributed by atoms with van der Waals surface area (Å²) in [6, 6.07) is 8.11. The molecule has 0 radical (unpaired) electrons. The van der Waals surface area contributed by atoms with Crippen molar-refractivity contribution in [2.45, 2.75) is 13.5 Å². The van der Waals surface area contributed by atoms with Crippen LogP contribution in [0.3, 0.4) is 0 Å². The Morgan fingerprint density at radius 2 is 2.15 bits per heavy atom. The Labute approximate surface area is 119 Å². The van der Waals surface area contributed by atoms with Crippen molar-refractivity contribution in [3.8, 4) is 0 Å². The highest BCUT2D eigenvalue weighted by Crippen LogP contribution is 2.26. The second kappa shape index (κ2) is 5.70. The maximum absolute atomic E-state index is 11.1. The van der Waals surface area contributed by atoms with Crippen molar-refractivity contribution in [1.29, 1.82) is 0 Å². The summed E-state index contributed by atoms with van der Waals surface area (Å²) < 4.78 is 0. The Morgan fingerprint density at radius 1 is 1.40 bits per heavy atom. The minimum atomic E-state index is -0.687. The Hall–Kier alpha value is -2.41. The van der Waals surface area contributed by atoms with Crippen molar-refractivity contribution in [1.82, 2.24) is 0 Å². The van der Waals surface area contributed by atoms with Crippen LogP contribution in [-0.2, 0) is 6.54 Å². The number of nitro groups is 1. The van der Waals surface area contributed by atoms with Gasteiger partial charge in [0.1, 0.15) is 5.69 Å². The monoisotopic (exact) mass is 291 g/mol. The zero-order valence-electron chi connectivity index (χ0n) is 10.8. The second-order valence-corrected chi connectivity index (χ2v) is 5.59. The molecule has 0 atom stereocenters. The number of hydrogen-bond acceptors (Lipinski definition) is 5. The smallest absolute Gasteiger partial charge is 0.293 e. The van der Waals surface area contributed by atoms with E-state index in [0.29, 0.717) is 12.2 Å². The summed E-state index contributed by atoms with van der Waals surface area (Å²) >= 11 is 1.62. The summed E-state index contributed by atoms with van der Waals surface area (Å²) in [6.07, 6.45) is 0. The molecule has 0 aliphatic carbocycles. The molecule has 1 amide bonds. The van der Waals surface area contributed by atoms with Gasteiger partial charge in [0.15, 0.2) is 0 Å². The fourth-order valence-corrected chi connectivity index (χ4v) is 2.58. The van der Waals surface area contributed by atoms with E-state index < -0.39 is 10.8 Å². The third kappa shape index (κ3) is 3.12. The van der Waals surface area contributed by atoms with Crippen LogP contribution in [0.15, 0.2) is 30.3 Å². The third-order valence-electron chi connectivity index (χ3n) is 2.73. The number of aryl methyl sites for hydroxylation is 1. The van der Waals surface area contributed by atoms with Crippen molar-refractivity contribution in [2.24, 2.45) is 5.73 Å². The van der Waals surface area contributed by atoms with Crippen LogP contribution in [0.4, 0.5) is 11.4 Å². The Kier molecular flexibility index (Phi) is 3.99. The van der Waals surface area contributed by atoms with Crippen LogP contribution in [0, 0.1) is 17.0 Å². The number of nitro benzene ring substituents is 1. The van der Waals surface area contributed by atoms with Gasteiger partial charge < -0.3 is 11.1 Å². The first-order chi connectivity index (χ1) is 9.47. The fraction of sp³-hybridized carbons (Fsp3) is 0.154. The lowest BCUT2D eigenvalue weighted by atomic mass is 10.1. The number of rotatable bonds is 5. The second-order valence-electron chi connectivity index (χ2n) is 4.22. The van der Waals surface area contributed by atoms with Gasteiger partial charge in [-0.2, -0.15) is 0 Å². The molecule has 0 saturated heterocycles. The van der Waals surface area contributed by atoms with E-state index in [9.17, 15) is 14.9 Å². The molecular formula is C13H13N3O3S. The number of primary amides is 1. The van der Waals surface area contributed by atoms with E-state index in [-0.39, 0.29) is 11.3 Å². The topological polar surface area (TPSA) is 98.3 Å². The van der Waals surface area contributed by atoms with Crippen LogP contribution < -0.4 is 11.1 Å². The molecule has 2 rings (SSSR count). The van der Waals surface area contributed by atoms with Gasteiger partial charge in [0.25, 0.3) is 5.69 Å². The van der Waals surface area contributed by atoms with Crippen LogP contribution >= 0.6 is 11.3 Å². The Balaban J connectivity index is 2.22. The van der Waals surface area contributed by atoms with Crippen molar-refractivity contribution in [3.63, 3.8) is 0 Å². The predicted octanol–water partition coefficient (Wildman–Crippen LogP) is 2.68. The van der Waals surface area contributed by atoms with Gasteiger partial charge in [-0.25, -0.2) is 0 Å². The lowest BCUT2D eigenvalue weighted by Crippen LogP contribution is -2.12. The maximum Gasteiger partial charge on any atom is 0.293 e. The molecule has 1 aromatic heterocycles. The normalized spacial score (nSPS) is 10.2. The maximum atomic E-state index is 11.1. The van der Waals surface area contributed by atoms with E-state index in [1.165, 1.54) is 23.1 Å². The summed E-state index contributed by atoms with van der Waals surface area (Å²) in [5.41, 5.74) is 5.45. The highest BCUT2D eigenvalue weighted by Gasteiger charge is 2.16. The van der Waals surface area contributed by atoms with Crippen LogP contribution in [0.2, 0.25) is 0 Å². The van der Waals surface area contributed by atoms with Crippen molar-refractivity contribution >= 4 is 28.6 Å². The molecule has 6 nitrogen and oxygen atoms in total. The quantitative estimate of drug-likeness (QED) is 0.653. The van der Waals surface area contributed by atoms with E-state index in [0.717, 1.165) is 4.88 Å². The predicted molar refractivity (Wildman–Crippen MR) is 78.0 cm³/mol. The SMILES string of the molecule is Cc1ccc(CNc2ccc(C(N)=O)cc2[N+](=O)[O-])s1. The lowest BCUT2D eigenvalue weighted by molar-refractivity contribution is -0.384. The van der Waals surface area contributed by atoms with Crippen LogP contribution in [-0.4, -0.2) is 10.8 Å². The third-order valence-corrected chi connectivity index (χ3v) is 3.73. The van der Waals surface area contributed by atoms with Gasteiger partial charge in [0.2, 0.25) is 5.91 Å². The summed E-state index contributed by atoms with van der Waals surface area (Å²) in [5.74, 6) is -0.687. The number of anilines is 1. The molecule has 0 unspecified atom stereocenters. The average Bonchev–Trinajstić information content (AvgIpc) is 2.81. The van der Waals surface area contributed by atoms with Crippen molar-refractivity contribution in [3.05, 3.63) is 55.8 Å². The molecule has 0 fully saturated rings. The first-order valence-electron chi connectivity index (χ1n) is 5.85. The van der Waals surface area contributed by atoms with Crippen molar-refractivity contribution in [2.75, 3.05) is 5.32 Å². The van der Waals surface area contributed by atoms with Gasteiger partial charge in [-0.3, -0.25) is 14.9 Å². The number of thiophene rings is 1. The lowest BCUT2D eigenvalue weighted by Gasteiger charge is -2.06. The number of nitrogens with zero attached hydrogens (tertiary/aromatic N) is 1. The van der Waals surface area contributed by atoms with Gasteiger partial charge >= 0.3 is 0 Å². The fourth-order valence-electron chi connectivity index (χ4n) is 1.75. The molecule has 0 bridgehead atoms. The molecule has 104 valence electrons. The van der Waals surface area contributed by atoms with Crippen molar-refractivity contribution < 1.29 is 9.72 Å². The highest BCUT2D eigenvalue weighted by atomic mass is 32.1. The number of carbonyl (C=O) groups is 1. The zero-order chi connectivity index (χ0) is 14.7. The summed E-state index contributed by atoms with van der Waals surface area (Å²) in [7, 11) is 0. The summed E-state index contributed by atoms with van der Waals surface area (Å²) in [5, 5.41) is 14.0. The number of nitrogens with one attached hydrogen (secondary N) is 1. The standard InChI is InChI=1S/C13H13N3O3S/c1-8-2-4-10(20-8)7-15-11-5-3-9(13(14)17)6-12(11)16(18)19/h2-6,15H,7H2,1H3,(H2,14,17). The van der Waals surface area contributed by atoms with Gasteiger partial charge in [0, 0.05) is 27.9 Å². The summed E-state index contributed by atoms with van der Waals surface area (Å²) in [6.45, 7) is 2.49. The average molecular weight is 291 g/mol. The highest BCUT2D eigenvalue weighted by molar-refractivity contribution is 7.11. The van der Waals surface area contributed by atoms with E-state index in [2.05, 4.69) is 5.32 Å². The zero-order valence-corrected chi connectivity index (χ0v) is 11.6. The largest absolute Gasteiger partial charge is 0.375 e. The van der Waals surface area contributed by atoms with Crippen LogP contribution in [0.5, 0.6) is 0 Å². The van der Waals surface area contributed by atoms with Crippen LogP contribution in [0.1, 0.15) is 20.1 Å². The minimum absolute atomic E-state index is 0.120. The molecule has 2 aromatic rings. The molecule has 1 heterocycles. The molecule has 0 spiro atoms. The Bertz CT molecular complexity index is 667. The van der Waals surface area contributed by atoms with E-state index in [1.54, 1.807) is 11.3 Å². The molecule has 1 aromatic carbocycles. The van der Waals surface area contributed by atoms with E-state index in [1.807, 2.05) is 19.1 Å². The van der Waals surface area contributed by atoms with Gasteiger partial charge in [0.05, 0.1) is 4.92 Å². The van der Waals surface area contributed by atoms with E-state index in [4.69, 9.17) is 5.73 Å². The molecular weight excluding hydrogens is 278 g/mol.